The summed E-state index contributed by atoms with van der Waals surface area (Å²) in [4.78, 5) is 1.96. The van der Waals surface area contributed by atoms with Crippen molar-refractivity contribution in [3.05, 3.63) is 35.1 Å². The average molecular weight is 253 g/mol. The second-order valence-corrected chi connectivity index (χ2v) is 4.48. The molecule has 0 atom stereocenters. The number of nitrogens with one attached hydrogen (secondary N) is 1. The first-order chi connectivity index (χ1) is 8.47. The first-order valence-corrected chi connectivity index (χ1v) is 5.94. The van der Waals surface area contributed by atoms with Gasteiger partial charge in [-0.3, -0.25) is 10.3 Å². The van der Waals surface area contributed by atoms with Gasteiger partial charge >= 0.3 is 0 Å². The van der Waals surface area contributed by atoms with Crippen LogP contribution < -0.4 is 5.73 Å². The Labute approximate surface area is 107 Å². The van der Waals surface area contributed by atoms with Crippen LogP contribution in [0.25, 0.3) is 0 Å². The third-order valence-electron chi connectivity index (χ3n) is 2.86. The lowest BCUT2D eigenvalue weighted by molar-refractivity contribution is 0.158. The first kappa shape index (κ1) is 14.6. The lowest BCUT2D eigenvalue weighted by Gasteiger charge is -2.26. The fourth-order valence-corrected chi connectivity index (χ4v) is 1.78. The lowest BCUT2D eigenvalue weighted by Crippen LogP contribution is -2.33. The van der Waals surface area contributed by atoms with Crippen LogP contribution in [0.4, 0.5) is 4.39 Å². The maximum Gasteiger partial charge on any atom is 0.138 e. The largest absolute Gasteiger partial charge is 0.395 e. The predicted molar refractivity (Wildman–Crippen MR) is 70.0 cm³/mol. The van der Waals surface area contributed by atoms with Crippen LogP contribution in [0.5, 0.6) is 0 Å². The van der Waals surface area contributed by atoms with Crippen molar-refractivity contribution in [1.82, 2.24) is 4.90 Å². The van der Waals surface area contributed by atoms with E-state index in [4.69, 9.17) is 16.2 Å². The van der Waals surface area contributed by atoms with E-state index in [1.807, 2.05) is 18.7 Å². The van der Waals surface area contributed by atoms with Gasteiger partial charge in [0.25, 0.3) is 0 Å². The highest BCUT2D eigenvalue weighted by molar-refractivity contribution is 5.95. The molecule has 0 aliphatic heterocycles. The standard InChI is InChI=1S/C13H20FN3O/c1-9(2)17(6-7-18)8-10-4-3-5-11(12(10)14)13(15)16/h3-5,9,18H,6-8H2,1-2H3,(H3,15,16). The number of aliphatic hydroxyl groups is 1. The van der Waals surface area contributed by atoms with Gasteiger partial charge < -0.3 is 10.8 Å². The molecule has 0 bridgehead atoms. The van der Waals surface area contributed by atoms with E-state index in [0.29, 0.717) is 18.7 Å². The topological polar surface area (TPSA) is 73.3 Å². The molecule has 0 heterocycles. The maximum atomic E-state index is 14.1. The Bertz CT molecular complexity index is 421. The summed E-state index contributed by atoms with van der Waals surface area (Å²) >= 11 is 0. The number of nitrogen functional groups attached to an aromatic ring is 1. The zero-order chi connectivity index (χ0) is 13.7. The monoisotopic (exact) mass is 253 g/mol. The van der Waals surface area contributed by atoms with Crippen molar-refractivity contribution in [3.8, 4) is 0 Å². The van der Waals surface area contributed by atoms with Crippen LogP contribution in [0.1, 0.15) is 25.0 Å². The summed E-state index contributed by atoms with van der Waals surface area (Å²) in [6.45, 7) is 4.89. The van der Waals surface area contributed by atoms with E-state index in [-0.39, 0.29) is 24.0 Å². The van der Waals surface area contributed by atoms with Gasteiger partial charge in [0.15, 0.2) is 0 Å². The summed E-state index contributed by atoms with van der Waals surface area (Å²) in [5.41, 5.74) is 5.94. The van der Waals surface area contributed by atoms with Crippen LogP contribution >= 0.6 is 0 Å². The minimum absolute atomic E-state index is 0.0339. The molecule has 0 aliphatic rings. The summed E-state index contributed by atoms with van der Waals surface area (Å²) in [6, 6.07) is 5.06. The predicted octanol–water partition coefficient (Wildman–Crippen LogP) is 1.31. The minimum Gasteiger partial charge on any atom is -0.395 e. The number of rotatable bonds is 6. The molecule has 0 saturated carbocycles. The second-order valence-electron chi connectivity index (χ2n) is 4.48. The molecule has 0 radical (unpaired) electrons. The number of halogens is 1. The van der Waals surface area contributed by atoms with Crippen molar-refractivity contribution in [2.45, 2.75) is 26.4 Å². The van der Waals surface area contributed by atoms with Gasteiger partial charge in [-0.15, -0.1) is 0 Å². The van der Waals surface area contributed by atoms with Gasteiger partial charge in [0.2, 0.25) is 0 Å². The highest BCUT2D eigenvalue weighted by Gasteiger charge is 2.15. The first-order valence-electron chi connectivity index (χ1n) is 5.94. The molecule has 0 saturated heterocycles. The number of benzene rings is 1. The van der Waals surface area contributed by atoms with Crippen molar-refractivity contribution in [2.24, 2.45) is 5.73 Å². The van der Waals surface area contributed by atoms with Crippen molar-refractivity contribution in [3.63, 3.8) is 0 Å². The molecule has 1 rings (SSSR count). The molecule has 1 aromatic carbocycles. The summed E-state index contributed by atoms with van der Waals surface area (Å²) in [5, 5.41) is 16.3. The molecular weight excluding hydrogens is 233 g/mol. The number of hydrogen-bond acceptors (Lipinski definition) is 3. The highest BCUT2D eigenvalue weighted by atomic mass is 19.1. The zero-order valence-corrected chi connectivity index (χ0v) is 10.8. The fourth-order valence-electron chi connectivity index (χ4n) is 1.78. The van der Waals surface area contributed by atoms with Crippen LogP contribution in [-0.2, 0) is 6.54 Å². The van der Waals surface area contributed by atoms with Crippen LogP contribution in [0.3, 0.4) is 0 Å². The van der Waals surface area contributed by atoms with E-state index in [1.165, 1.54) is 6.07 Å². The molecule has 0 fully saturated rings. The quantitative estimate of drug-likeness (QED) is 0.528. The van der Waals surface area contributed by atoms with E-state index in [1.54, 1.807) is 12.1 Å². The third-order valence-corrected chi connectivity index (χ3v) is 2.86. The number of nitrogens with zero attached hydrogens (tertiary/aromatic N) is 1. The Kier molecular flexibility index (Phi) is 5.25. The van der Waals surface area contributed by atoms with Crippen molar-refractivity contribution >= 4 is 5.84 Å². The van der Waals surface area contributed by atoms with Gasteiger partial charge in [-0.2, -0.15) is 0 Å². The Balaban J connectivity index is 2.96. The summed E-state index contributed by atoms with van der Waals surface area (Å²) in [5.74, 6) is -0.721. The van der Waals surface area contributed by atoms with E-state index < -0.39 is 5.82 Å². The number of hydrogen-bond donors (Lipinski definition) is 3. The van der Waals surface area contributed by atoms with E-state index in [9.17, 15) is 4.39 Å². The van der Waals surface area contributed by atoms with Crippen molar-refractivity contribution < 1.29 is 9.50 Å². The normalized spacial score (nSPS) is 11.2. The molecule has 0 spiro atoms. The van der Waals surface area contributed by atoms with Gasteiger partial charge in [-0.05, 0) is 19.9 Å². The van der Waals surface area contributed by atoms with E-state index >= 15 is 0 Å². The van der Waals surface area contributed by atoms with Gasteiger partial charge in [0.1, 0.15) is 11.7 Å². The molecule has 0 aliphatic carbocycles. The van der Waals surface area contributed by atoms with Crippen LogP contribution in [-0.4, -0.2) is 35.0 Å². The maximum absolute atomic E-state index is 14.1. The molecule has 5 heteroatoms. The molecule has 100 valence electrons. The molecule has 4 N–H and O–H groups in total. The fraction of sp³-hybridized carbons (Fsp3) is 0.462. The van der Waals surface area contributed by atoms with E-state index in [0.717, 1.165) is 0 Å². The second kappa shape index (κ2) is 6.47. The summed E-state index contributed by atoms with van der Waals surface area (Å²) < 4.78 is 14.1. The van der Waals surface area contributed by atoms with Crippen molar-refractivity contribution in [1.29, 1.82) is 5.41 Å². The van der Waals surface area contributed by atoms with Crippen molar-refractivity contribution in [2.75, 3.05) is 13.2 Å². The summed E-state index contributed by atoms with van der Waals surface area (Å²) in [6.07, 6.45) is 0. The molecule has 0 unspecified atom stereocenters. The molecule has 0 aromatic heterocycles. The van der Waals surface area contributed by atoms with E-state index in [2.05, 4.69) is 0 Å². The lowest BCUT2D eigenvalue weighted by atomic mass is 10.1. The highest BCUT2D eigenvalue weighted by Crippen LogP contribution is 2.15. The molecule has 0 amide bonds. The Hall–Kier alpha value is -1.46. The molecule has 1 aromatic rings. The smallest absolute Gasteiger partial charge is 0.138 e. The van der Waals surface area contributed by atoms with Gasteiger partial charge in [-0.1, -0.05) is 12.1 Å². The zero-order valence-electron chi connectivity index (χ0n) is 10.8. The molecule has 4 nitrogen and oxygen atoms in total. The van der Waals surface area contributed by atoms with Gasteiger partial charge in [0, 0.05) is 24.7 Å². The molecule has 18 heavy (non-hydrogen) atoms. The number of nitrogens with two attached hydrogens (primary N) is 1. The van der Waals surface area contributed by atoms with Gasteiger partial charge in [-0.25, -0.2) is 4.39 Å². The minimum atomic E-state index is -0.450. The number of amidine groups is 1. The number of aliphatic hydroxyl groups excluding tert-OH is 1. The average Bonchev–Trinajstić information content (AvgIpc) is 2.30. The Morgan fingerprint density at radius 1 is 1.50 bits per heavy atom. The van der Waals surface area contributed by atoms with Crippen LogP contribution in [0.2, 0.25) is 0 Å². The summed E-state index contributed by atoms with van der Waals surface area (Å²) in [7, 11) is 0. The Morgan fingerprint density at radius 2 is 2.17 bits per heavy atom. The van der Waals surface area contributed by atoms with Gasteiger partial charge in [0.05, 0.1) is 12.2 Å². The third kappa shape index (κ3) is 3.51. The molecular formula is C13H20FN3O. The Morgan fingerprint density at radius 3 is 2.67 bits per heavy atom. The SMILES string of the molecule is CC(C)N(CCO)Cc1cccc(C(=N)N)c1F. The van der Waals surface area contributed by atoms with Crippen LogP contribution in [0.15, 0.2) is 18.2 Å². The van der Waals surface area contributed by atoms with Crippen LogP contribution in [0, 0.1) is 11.2 Å².